The molecule has 0 N–H and O–H groups in total. The lowest BCUT2D eigenvalue weighted by Gasteiger charge is -2.10. The van der Waals surface area contributed by atoms with Crippen LogP contribution in [0.5, 0.6) is 5.75 Å². The van der Waals surface area contributed by atoms with Gasteiger partial charge in [-0.05, 0) is 55.2 Å². The maximum absolute atomic E-state index is 5.97. The van der Waals surface area contributed by atoms with Crippen LogP contribution in [0.25, 0.3) is 0 Å². The fourth-order valence-corrected chi connectivity index (χ4v) is 3.97. The van der Waals surface area contributed by atoms with Gasteiger partial charge in [0.2, 0.25) is 0 Å². The van der Waals surface area contributed by atoms with Crippen molar-refractivity contribution < 1.29 is 4.74 Å². The van der Waals surface area contributed by atoms with E-state index in [9.17, 15) is 0 Å². The highest BCUT2D eigenvalue weighted by Gasteiger charge is 2.13. The van der Waals surface area contributed by atoms with Crippen molar-refractivity contribution in [2.24, 2.45) is 0 Å². The molecule has 140 valence electrons. The Bertz CT molecular complexity index is 913. The summed E-state index contributed by atoms with van der Waals surface area (Å²) in [5, 5.41) is 9.61. The second-order valence-electron chi connectivity index (χ2n) is 6.63. The highest BCUT2D eigenvalue weighted by atomic mass is 32.2. The molecule has 0 amide bonds. The van der Waals surface area contributed by atoms with Gasteiger partial charge in [-0.2, -0.15) is 0 Å². The summed E-state index contributed by atoms with van der Waals surface area (Å²) in [6.45, 7) is 11.2. The van der Waals surface area contributed by atoms with Crippen molar-refractivity contribution in [1.82, 2.24) is 14.8 Å². The number of nitrogens with zero attached hydrogens (tertiary/aromatic N) is 3. The van der Waals surface area contributed by atoms with E-state index in [4.69, 9.17) is 4.74 Å². The summed E-state index contributed by atoms with van der Waals surface area (Å²) >= 11 is 1.69. The lowest BCUT2D eigenvalue weighted by molar-refractivity contribution is 0.289. The number of ether oxygens (including phenoxy) is 1. The van der Waals surface area contributed by atoms with Crippen LogP contribution >= 0.6 is 11.8 Å². The smallest absolute Gasteiger partial charge is 0.191 e. The van der Waals surface area contributed by atoms with E-state index in [2.05, 4.69) is 72.4 Å². The summed E-state index contributed by atoms with van der Waals surface area (Å²) in [6, 6.07) is 14.6. The predicted octanol–water partition coefficient (Wildman–Crippen LogP) is 5.26. The quantitative estimate of drug-likeness (QED) is 0.395. The molecule has 0 bridgehead atoms. The van der Waals surface area contributed by atoms with Gasteiger partial charge >= 0.3 is 0 Å². The molecule has 0 saturated carbocycles. The third-order valence-corrected chi connectivity index (χ3v) is 5.30. The Balaban J connectivity index is 1.72. The summed E-state index contributed by atoms with van der Waals surface area (Å²) in [4.78, 5) is 0. The molecule has 0 saturated heterocycles. The van der Waals surface area contributed by atoms with Gasteiger partial charge in [0.05, 0.1) is 0 Å². The Labute approximate surface area is 165 Å². The Morgan fingerprint density at radius 1 is 1.07 bits per heavy atom. The minimum atomic E-state index is 0.384. The van der Waals surface area contributed by atoms with Crippen LogP contribution in [0.4, 0.5) is 0 Å². The molecule has 0 aliphatic carbocycles. The number of allylic oxidation sites excluding steroid dienone is 1. The highest BCUT2D eigenvalue weighted by molar-refractivity contribution is 7.98. The number of rotatable bonds is 8. The van der Waals surface area contributed by atoms with E-state index in [1.165, 1.54) is 22.3 Å². The average molecular weight is 380 g/mol. The second kappa shape index (κ2) is 8.91. The summed E-state index contributed by atoms with van der Waals surface area (Å²) in [6.07, 6.45) is 1.86. The molecule has 3 rings (SSSR count). The molecule has 0 fully saturated rings. The van der Waals surface area contributed by atoms with Crippen LogP contribution in [0.2, 0.25) is 0 Å². The predicted molar refractivity (Wildman–Crippen MR) is 111 cm³/mol. The minimum Gasteiger partial charge on any atom is -0.486 e. The summed E-state index contributed by atoms with van der Waals surface area (Å²) in [7, 11) is 0. The largest absolute Gasteiger partial charge is 0.486 e. The topological polar surface area (TPSA) is 39.9 Å². The number of thioether (sulfide) groups is 1. The highest BCUT2D eigenvalue weighted by Crippen LogP contribution is 2.24. The van der Waals surface area contributed by atoms with E-state index < -0.39 is 0 Å². The maximum atomic E-state index is 5.97. The van der Waals surface area contributed by atoms with Gasteiger partial charge in [-0.3, -0.25) is 4.57 Å². The molecule has 2 aromatic carbocycles. The molecule has 4 nitrogen and oxygen atoms in total. The average Bonchev–Trinajstić information content (AvgIpc) is 3.01. The number of benzene rings is 2. The molecule has 27 heavy (non-hydrogen) atoms. The molecule has 0 aliphatic rings. The zero-order valence-corrected chi connectivity index (χ0v) is 16.9. The third kappa shape index (κ3) is 5.01. The first-order valence-electron chi connectivity index (χ1n) is 8.98. The van der Waals surface area contributed by atoms with Crippen molar-refractivity contribution in [3.63, 3.8) is 0 Å². The first-order valence-corrected chi connectivity index (χ1v) is 9.96. The van der Waals surface area contributed by atoms with Crippen LogP contribution in [-0.2, 0) is 18.9 Å². The summed E-state index contributed by atoms with van der Waals surface area (Å²) in [5.74, 6) is 2.52. The Morgan fingerprint density at radius 2 is 1.81 bits per heavy atom. The molecule has 5 heteroatoms. The molecular weight excluding hydrogens is 354 g/mol. The van der Waals surface area contributed by atoms with E-state index in [1.54, 1.807) is 11.8 Å². The molecule has 0 aliphatic heterocycles. The molecule has 1 aromatic heterocycles. The van der Waals surface area contributed by atoms with Gasteiger partial charge in [-0.25, -0.2) is 0 Å². The molecule has 0 spiro atoms. The molecular formula is C22H25N3OS. The second-order valence-corrected chi connectivity index (χ2v) is 7.57. The van der Waals surface area contributed by atoms with Gasteiger partial charge in [0.25, 0.3) is 0 Å². The van der Waals surface area contributed by atoms with E-state index in [0.717, 1.165) is 22.5 Å². The van der Waals surface area contributed by atoms with Gasteiger partial charge in [-0.15, -0.1) is 16.8 Å². The number of hydrogen-bond donors (Lipinski definition) is 0. The zero-order chi connectivity index (χ0) is 19.2. The SMILES string of the molecule is C=CCn1c(COc2cc(C)cc(C)c2)nnc1SCc1ccccc1C. The van der Waals surface area contributed by atoms with Crippen LogP contribution in [0.15, 0.2) is 60.3 Å². The van der Waals surface area contributed by atoms with Crippen molar-refractivity contribution in [1.29, 1.82) is 0 Å². The molecule has 3 aromatic rings. The standard InChI is InChI=1S/C22H25N3OS/c1-5-10-25-21(14-26-20-12-16(2)11-17(3)13-20)23-24-22(25)27-15-19-9-7-6-8-18(19)4/h5-9,11-13H,1,10,14-15H2,2-4H3. The maximum Gasteiger partial charge on any atom is 0.191 e. The van der Waals surface area contributed by atoms with E-state index in [-0.39, 0.29) is 0 Å². The van der Waals surface area contributed by atoms with Crippen molar-refractivity contribution in [2.45, 2.75) is 44.8 Å². The monoisotopic (exact) mass is 379 g/mol. The Morgan fingerprint density at radius 3 is 2.52 bits per heavy atom. The van der Waals surface area contributed by atoms with Crippen molar-refractivity contribution >= 4 is 11.8 Å². The third-order valence-electron chi connectivity index (χ3n) is 4.29. The number of hydrogen-bond acceptors (Lipinski definition) is 4. The normalized spacial score (nSPS) is 10.8. The summed E-state index contributed by atoms with van der Waals surface area (Å²) in [5.41, 5.74) is 4.97. The van der Waals surface area contributed by atoms with Crippen molar-refractivity contribution in [3.05, 3.63) is 83.2 Å². The fourth-order valence-electron chi connectivity index (χ4n) is 2.92. The van der Waals surface area contributed by atoms with Gasteiger partial charge in [0.15, 0.2) is 11.0 Å². The summed E-state index contributed by atoms with van der Waals surface area (Å²) < 4.78 is 8.04. The first kappa shape index (κ1) is 19.2. The molecule has 1 heterocycles. The van der Waals surface area contributed by atoms with Crippen molar-refractivity contribution in [2.75, 3.05) is 0 Å². The van der Waals surface area contributed by atoms with E-state index >= 15 is 0 Å². The van der Waals surface area contributed by atoms with Gasteiger partial charge < -0.3 is 4.74 Å². The van der Waals surface area contributed by atoms with Crippen LogP contribution in [0.3, 0.4) is 0 Å². The minimum absolute atomic E-state index is 0.384. The zero-order valence-electron chi connectivity index (χ0n) is 16.1. The number of aryl methyl sites for hydroxylation is 3. The molecule has 0 atom stereocenters. The van der Waals surface area contributed by atoms with Gasteiger partial charge in [0, 0.05) is 12.3 Å². The van der Waals surface area contributed by atoms with Crippen LogP contribution in [0.1, 0.15) is 28.1 Å². The number of aromatic nitrogens is 3. The Kier molecular flexibility index (Phi) is 6.35. The lowest BCUT2D eigenvalue weighted by atomic mass is 10.1. The van der Waals surface area contributed by atoms with E-state index in [0.29, 0.717) is 13.2 Å². The van der Waals surface area contributed by atoms with Gasteiger partial charge in [-0.1, -0.05) is 48.2 Å². The van der Waals surface area contributed by atoms with Crippen LogP contribution in [-0.4, -0.2) is 14.8 Å². The van der Waals surface area contributed by atoms with Crippen molar-refractivity contribution in [3.8, 4) is 5.75 Å². The van der Waals surface area contributed by atoms with E-state index in [1.807, 2.05) is 18.2 Å². The van der Waals surface area contributed by atoms with Crippen LogP contribution in [0, 0.1) is 20.8 Å². The fraction of sp³-hybridized carbons (Fsp3) is 0.273. The first-order chi connectivity index (χ1) is 13.1. The van der Waals surface area contributed by atoms with Crippen LogP contribution < -0.4 is 4.74 Å². The van der Waals surface area contributed by atoms with Gasteiger partial charge in [0.1, 0.15) is 12.4 Å². The molecule has 0 radical (unpaired) electrons. The lowest BCUT2D eigenvalue weighted by Crippen LogP contribution is -2.07. The molecule has 0 unspecified atom stereocenters. The Hall–Kier alpha value is -2.53.